The van der Waals surface area contributed by atoms with Crippen molar-refractivity contribution in [2.75, 3.05) is 6.61 Å². The van der Waals surface area contributed by atoms with Crippen LogP contribution in [0.3, 0.4) is 0 Å². The van der Waals surface area contributed by atoms with E-state index in [2.05, 4.69) is 0 Å². The molecule has 0 amide bonds. The number of ether oxygens (including phenoxy) is 2. The van der Waals surface area contributed by atoms with Crippen LogP contribution in [0.15, 0.2) is 11.1 Å². The summed E-state index contributed by atoms with van der Waals surface area (Å²) in [5, 5.41) is 0. The van der Waals surface area contributed by atoms with Crippen molar-refractivity contribution >= 4 is 5.78 Å². The number of fused-ring (bicyclic) bond motifs is 1. The SMILES string of the molecule is CC1=C2C(=O)[C@](OCC(F)(F)F)(C(C)C)[C@@H]3C[C@H](C)[C@@]2(CC1)O3. The number of rotatable bonds is 3. The van der Waals surface area contributed by atoms with E-state index in [1.54, 1.807) is 13.8 Å². The van der Waals surface area contributed by atoms with Gasteiger partial charge in [-0.1, -0.05) is 26.3 Å². The van der Waals surface area contributed by atoms with Crippen molar-refractivity contribution in [3.05, 3.63) is 11.1 Å². The lowest BCUT2D eigenvalue weighted by atomic mass is 9.74. The van der Waals surface area contributed by atoms with Gasteiger partial charge in [0.05, 0.1) is 6.10 Å². The Kier molecular flexibility index (Phi) is 3.73. The lowest BCUT2D eigenvalue weighted by molar-refractivity contribution is -0.243. The van der Waals surface area contributed by atoms with Gasteiger partial charge in [-0.2, -0.15) is 13.2 Å². The molecule has 130 valence electrons. The molecule has 3 aliphatic rings. The van der Waals surface area contributed by atoms with Crippen LogP contribution in [0.2, 0.25) is 0 Å². The molecule has 4 atom stereocenters. The Morgan fingerprint density at radius 1 is 1.39 bits per heavy atom. The zero-order valence-electron chi connectivity index (χ0n) is 13.9. The molecule has 0 aromatic rings. The van der Waals surface area contributed by atoms with Gasteiger partial charge in [0.1, 0.15) is 12.2 Å². The summed E-state index contributed by atoms with van der Waals surface area (Å²) in [6.45, 7) is 5.94. The van der Waals surface area contributed by atoms with E-state index in [-0.39, 0.29) is 11.7 Å². The topological polar surface area (TPSA) is 35.5 Å². The van der Waals surface area contributed by atoms with Crippen LogP contribution < -0.4 is 0 Å². The first-order chi connectivity index (χ1) is 10.5. The highest BCUT2D eigenvalue weighted by Crippen LogP contribution is 2.59. The highest BCUT2D eigenvalue weighted by atomic mass is 19.4. The maximum absolute atomic E-state index is 13.3. The van der Waals surface area contributed by atoms with Crippen molar-refractivity contribution < 1.29 is 27.4 Å². The average Bonchev–Trinajstić information content (AvgIpc) is 2.89. The largest absolute Gasteiger partial charge is 0.411 e. The molecule has 0 unspecified atom stereocenters. The van der Waals surface area contributed by atoms with Crippen LogP contribution in [0, 0.1) is 11.8 Å². The molecule has 6 heteroatoms. The molecule has 1 aliphatic carbocycles. The number of hydrogen-bond donors (Lipinski definition) is 0. The fraction of sp³-hybridized carbons (Fsp3) is 0.824. The lowest BCUT2D eigenvalue weighted by Crippen LogP contribution is -2.62. The van der Waals surface area contributed by atoms with Gasteiger partial charge < -0.3 is 9.47 Å². The highest BCUT2D eigenvalue weighted by Gasteiger charge is 2.68. The molecule has 2 fully saturated rings. The van der Waals surface area contributed by atoms with E-state index in [4.69, 9.17) is 9.47 Å². The van der Waals surface area contributed by atoms with Gasteiger partial charge in [-0.3, -0.25) is 4.79 Å². The fourth-order valence-corrected chi connectivity index (χ4v) is 4.68. The van der Waals surface area contributed by atoms with Gasteiger partial charge in [0.15, 0.2) is 11.4 Å². The number of carbonyl (C=O) groups is 1. The van der Waals surface area contributed by atoms with Crippen LogP contribution in [-0.2, 0) is 14.3 Å². The number of allylic oxidation sites excluding steroid dienone is 1. The van der Waals surface area contributed by atoms with E-state index in [9.17, 15) is 18.0 Å². The summed E-state index contributed by atoms with van der Waals surface area (Å²) in [6, 6.07) is 0. The van der Waals surface area contributed by atoms with Crippen molar-refractivity contribution in [1.29, 1.82) is 0 Å². The van der Waals surface area contributed by atoms with Crippen molar-refractivity contribution in [2.45, 2.75) is 70.4 Å². The molecule has 1 spiro atoms. The van der Waals surface area contributed by atoms with Gasteiger partial charge in [0, 0.05) is 5.57 Å². The van der Waals surface area contributed by atoms with E-state index >= 15 is 0 Å². The molecule has 0 radical (unpaired) electrons. The molecule has 0 N–H and O–H groups in total. The molecule has 3 rings (SSSR count). The van der Waals surface area contributed by atoms with Gasteiger partial charge >= 0.3 is 6.18 Å². The molecule has 23 heavy (non-hydrogen) atoms. The lowest BCUT2D eigenvalue weighted by Gasteiger charge is -2.47. The minimum absolute atomic E-state index is 0.110. The van der Waals surface area contributed by atoms with Gasteiger partial charge in [0.25, 0.3) is 0 Å². The predicted octanol–water partition coefficient (Wildman–Crippen LogP) is 3.82. The number of carbonyl (C=O) groups excluding carboxylic acids is 1. The number of alkyl halides is 3. The smallest absolute Gasteiger partial charge is 0.363 e. The number of hydrogen-bond acceptors (Lipinski definition) is 3. The van der Waals surface area contributed by atoms with Crippen LogP contribution in [-0.4, -0.2) is 35.9 Å². The summed E-state index contributed by atoms with van der Waals surface area (Å²) in [5.74, 6) is -0.571. The molecule has 0 saturated carbocycles. The first-order valence-corrected chi connectivity index (χ1v) is 8.18. The molecule has 3 nitrogen and oxygen atoms in total. The van der Waals surface area contributed by atoms with Gasteiger partial charge in [-0.15, -0.1) is 0 Å². The maximum Gasteiger partial charge on any atom is 0.411 e. The maximum atomic E-state index is 13.3. The average molecular weight is 332 g/mol. The molecule has 2 aliphatic heterocycles. The summed E-state index contributed by atoms with van der Waals surface area (Å²) in [4.78, 5) is 13.3. The Bertz CT molecular complexity index is 566. The van der Waals surface area contributed by atoms with Crippen molar-refractivity contribution in [2.24, 2.45) is 11.8 Å². The van der Waals surface area contributed by atoms with Crippen LogP contribution in [0.25, 0.3) is 0 Å². The Hall–Kier alpha value is -0.880. The minimum Gasteiger partial charge on any atom is -0.363 e. The number of ketones is 1. The second kappa shape index (κ2) is 5.06. The minimum atomic E-state index is -4.47. The van der Waals surface area contributed by atoms with E-state index in [1.165, 1.54) is 0 Å². The molecular formula is C17H23F3O3. The third-order valence-electron chi connectivity index (χ3n) is 5.83. The molecule has 2 heterocycles. The summed E-state index contributed by atoms with van der Waals surface area (Å²) in [5.41, 5.74) is -0.631. The third kappa shape index (κ3) is 2.21. The van der Waals surface area contributed by atoms with E-state index in [0.717, 1.165) is 18.4 Å². The molecule has 2 bridgehead atoms. The van der Waals surface area contributed by atoms with Crippen molar-refractivity contribution in [3.8, 4) is 0 Å². The summed E-state index contributed by atoms with van der Waals surface area (Å²) < 4.78 is 49.8. The van der Waals surface area contributed by atoms with Gasteiger partial charge in [-0.05, 0) is 38.0 Å². The number of halogens is 3. The van der Waals surface area contributed by atoms with E-state index in [0.29, 0.717) is 12.0 Å². The standard InChI is InChI=1S/C17H23F3O3/c1-9(2)17(22-8-16(18,19)20)12-7-11(4)15(23-12)6-5-10(3)13(15)14(17)21/h9,11-12H,5-8H2,1-4H3/t11-,12-,15+,17-/m0/s1. The van der Waals surface area contributed by atoms with Crippen LogP contribution in [0.1, 0.15) is 47.0 Å². The molecule has 0 aromatic carbocycles. The quantitative estimate of drug-likeness (QED) is 0.788. The van der Waals surface area contributed by atoms with E-state index in [1.807, 2.05) is 13.8 Å². The Morgan fingerprint density at radius 2 is 2.04 bits per heavy atom. The second-order valence-electron chi connectivity index (χ2n) is 7.47. The van der Waals surface area contributed by atoms with Crippen LogP contribution in [0.4, 0.5) is 13.2 Å². The van der Waals surface area contributed by atoms with Gasteiger partial charge in [0.2, 0.25) is 0 Å². The zero-order chi connectivity index (χ0) is 17.2. The monoisotopic (exact) mass is 332 g/mol. The van der Waals surface area contributed by atoms with Crippen molar-refractivity contribution in [3.63, 3.8) is 0 Å². The highest BCUT2D eigenvalue weighted by molar-refractivity contribution is 6.06. The van der Waals surface area contributed by atoms with E-state index < -0.39 is 36.0 Å². The fourth-order valence-electron chi connectivity index (χ4n) is 4.68. The van der Waals surface area contributed by atoms with Gasteiger partial charge in [-0.25, -0.2) is 0 Å². The summed E-state index contributed by atoms with van der Waals surface area (Å²) in [7, 11) is 0. The second-order valence-corrected chi connectivity index (χ2v) is 7.47. The predicted molar refractivity (Wildman–Crippen MR) is 77.9 cm³/mol. The van der Waals surface area contributed by atoms with Crippen LogP contribution in [0.5, 0.6) is 0 Å². The first-order valence-electron chi connectivity index (χ1n) is 8.18. The Morgan fingerprint density at radius 3 is 2.61 bits per heavy atom. The molecule has 0 aromatic heterocycles. The summed E-state index contributed by atoms with van der Waals surface area (Å²) in [6.07, 6.45) is -3.03. The third-order valence-corrected chi connectivity index (χ3v) is 5.83. The summed E-state index contributed by atoms with van der Waals surface area (Å²) >= 11 is 0. The molecular weight excluding hydrogens is 309 g/mol. The van der Waals surface area contributed by atoms with Crippen molar-refractivity contribution in [1.82, 2.24) is 0 Å². The molecule has 2 saturated heterocycles. The Balaban J connectivity index is 2.07. The number of Topliss-reactive ketones (excluding diaryl/α,β-unsaturated/α-hetero) is 1. The normalized spacial score (nSPS) is 40.3. The zero-order valence-corrected chi connectivity index (χ0v) is 13.9. The van der Waals surface area contributed by atoms with Crippen LogP contribution >= 0.6 is 0 Å². The Labute approximate surface area is 134 Å². The first kappa shape index (κ1) is 17.0.